The minimum absolute atomic E-state index is 1.91. The molecule has 30 valence electrons. The quantitative estimate of drug-likeness (QED) is 0.415. The van der Waals surface area contributed by atoms with Crippen LogP contribution in [0.3, 0.4) is 0 Å². The van der Waals surface area contributed by atoms with Crippen molar-refractivity contribution < 1.29 is 12.3 Å². The minimum atomic E-state index is -2.82. The van der Waals surface area contributed by atoms with Gasteiger partial charge in [0, 0.05) is 12.3 Å². The van der Waals surface area contributed by atoms with Crippen molar-refractivity contribution in [3.63, 3.8) is 0 Å². The lowest BCUT2D eigenvalue weighted by Gasteiger charge is -2.18. The summed E-state index contributed by atoms with van der Waals surface area (Å²) in [6.45, 7) is -2.82. The normalized spacial score (nSPS) is 85.2. The zero-order chi connectivity index (χ0) is 11.6. The van der Waals surface area contributed by atoms with E-state index < -0.39 is 31.9 Å². The molecular weight excluding hydrogens is 60.1 g/mol. The maximum absolute atomic E-state index is 7.23. The number of rotatable bonds is 0. The van der Waals surface area contributed by atoms with E-state index in [1.165, 1.54) is 0 Å². The molecule has 1 rings (SSSR count). The Morgan fingerprint density at radius 3 is 3.20 bits per heavy atom. The van der Waals surface area contributed by atoms with Crippen LogP contribution in [0.25, 0.3) is 0 Å². The van der Waals surface area contributed by atoms with Crippen molar-refractivity contribution in [2.75, 3.05) is 0 Å². The van der Waals surface area contributed by atoms with Gasteiger partial charge in [0.1, 0.15) is 0 Å². The summed E-state index contributed by atoms with van der Waals surface area (Å²) in [5, 5.41) is 0. The van der Waals surface area contributed by atoms with Gasteiger partial charge in [-0.05, 0) is 5.92 Å². The molecule has 0 heterocycles. The summed E-state index contributed by atoms with van der Waals surface area (Å²) in [5.41, 5.74) is 0. The van der Waals surface area contributed by atoms with Crippen LogP contribution >= 0.6 is 0 Å². The Hall–Kier alpha value is 0. The average Bonchev–Trinajstić information content (AvgIpc) is 1.79. The van der Waals surface area contributed by atoms with Crippen LogP contribution in [0, 0.1) is 5.92 Å². The third-order valence-electron chi connectivity index (χ3n) is 0.433. The summed E-state index contributed by atoms with van der Waals surface area (Å²) in [5.74, 6) is -1.91. The highest BCUT2D eigenvalue weighted by Crippen LogP contribution is 2.24. The van der Waals surface area contributed by atoms with E-state index in [1.807, 2.05) is 0 Å². The van der Waals surface area contributed by atoms with Crippen molar-refractivity contribution in [1.29, 1.82) is 0 Å². The molecule has 0 aromatic heterocycles. The highest BCUT2D eigenvalue weighted by Gasteiger charge is 2.09. The summed E-state index contributed by atoms with van der Waals surface area (Å²) in [4.78, 5) is 0. The molecule has 0 amide bonds. The van der Waals surface area contributed by atoms with Crippen LogP contribution in [0.15, 0.2) is 0 Å². The predicted octanol–water partition coefficient (Wildman–Crippen LogP) is 1.81. The van der Waals surface area contributed by atoms with Crippen LogP contribution in [-0.4, -0.2) is 0 Å². The Labute approximate surface area is 45.8 Å². The van der Waals surface area contributed by atoms with E-state index in [2.05, 4.69) is 0 Å². The molecule has 0 atom stereocenters. The molecule has 1 fully saturated rings. The number of hydrogen-bond acceptors (Lipinski definition) is 0. The van der Waals surface area contributed by atoms with E-state index in [1.54, 1.807) is 0 Å². The highest BCUT2D eigenvalue weighted by atomic mass is 14.1. The average molecular weight is 79.2 g/mol. The summed E-state index contributed by atoms with van der Waals surface area (Å²) in [6.07, 6.45) is -8.05. The van der Waals surface area contributed by atoms with Crippen molar-refractivity contribution in [2.24, 2.45) is 5.92 Å². The zero-order valence-electron chi connectivity index (χ0n) is 11.6. The highest BCUT2D eigenvalue weighted by molar-refractivity contribution is 4.62. The zero-order valence-corrected chi connectivity index (χ0v) is 2.58. The van der Waals surface area contributed by atoms with Gasteiger partial charge < -0.3 is 0 Å². The molecule has 0 bridgehead atoms. The first-order valence-corrected chi connectivity index (χ1v) is 1.37. The minimum Gasteiger partial charge on any atom is -0.0625 e. The van der Waals surface area contributed by atoms with Crippen molar-refractivity contribution in [3.05, 3.63) is 0 Å². The third-order valence-corrected chi connectivity index (χ3v) is 0.433. The SMILES string of the molecule is [2H]C([2H])([2H])C1C([2H])([2H])C([2H])([2H])C1([2H])[2H]. The maximum atomic E-state index is 7.23. The lowest BCUT2D eigenvalue weighted by molar-refractivity contribution is 0.346. The van der Waals surface area contributed by atoms with Crippen LogP contribution in [-0.2, 0) is 0 Å². The van der Waals surface area contributed by atoms with Gasteiger partial charge in [-0.15, -0.1) is 0 Å². The molecule has 1 saturated carbocycles. The monoisotopic (exact) mass is 79.1 g/mol. The van der Waals surface area contributed by atoms with Crippen molar-refractivity contribution in [3.8, 4) is 0 Å². The van der Waals surface area contributed by atoms with E-state index >= 15 is 0 Å². The second-order valence-corrected chi connectivity index (χ2v) is 0.847. The fraction of sp³-hybridized carbons (Fsp3) is 1.00. The first kappa shape index (κ1) is 0.408. The summed E-state index contributed by atoms with van der Waals surface area (Å²) in [6, 6.07) is 0. The van der Waals surface area contributed by atoms with Crippen LogP contribution in [0.2, 0.25) is 0 Å². The van der Waals surface area contributed by atoms with Crippen LogP contribution in [0.5, 0.6) is 0 Å². The third kappa shape index (κ3) is 0.444. The molecule has 0 nitrogen and oxygen atoms in total. The fourth-order valence-electron chi connectivity index (χ4n) is 0.144. The van der Waals surface area contributed by atoms with Gasteiger partial charge >= 0.3 is 0 Å². The smallest absolute Gasteiger partial charge is 0.0269 e. The molecule has 0 aromatic carbocycles. The molecule has 1 aliphatic carbocycles. The van der Waals surface area contributed by atoms with E-state index in [9.17, 15) is 0 Å². The Balaban J connectivity index is 3.13. The summed E-state index contributed by atoms with van der Waals surface area (Å²) in [7, 11) is 0. The van der Waals surface area contributed by atoms with Crippen LogP contribution in [0.4, 0.5) is 0 Å². The van der Waals surface area contributed by atoms with Crippen molar-refractivity contribution >= 4 is 0 Å². The summed E-state index contributed by atoms with van der Waals surface area (Å²) >= 11 is 0. The Bertz CT molecular complexity index is 230. The molecule has 0 spiro atoms. The second kappa shape index (κ2) is 1.00. The molecule has 0 aromatic rings. The standard InChI is InChI=1S/C5H10/c1-5-3-2-4-5/h5H,2-4H2,1H3/i1D3,2D2,3D2,4D2. The van der Waals surface area contributed by atoms with Gasteiger partial charge in [0.25, 0.3) is 0 Å². The van der Waals surface area contributed by atoms with Gasteiger partial charge in [-0.2, -0.15) is 0 Å². The van der Waals surface area contributed by atoms with Crippen molar-refractivity contribution in [2.45, 2.75) is 26.0 Å². The van der Waals surface area contributed by atoms with Crippen LogP contribution in [0.1, 0.15) is 38.3 Å². The van der Waals surface area contributed by atoms with Gasteiger partial charge in [-0.3, -0.25) is 0 Å². The maximum Gasteiger partial charge on any atom is 0.0269 e. The Kier molecular flexibility index (Phi) is 0.0816. The molecule has 5 heavy (non-hydrogen) atoms. The molecule has 0 heteroatoms. The first-order chi connectivity index (χ1) is 5.87. The molecule has 0 saturated heterocycles. The first-order valence-electron chi connectivity index (χ1n) is 5.87. The second-order valence-electron chi connectivity index (χ2n) is 0.847. The van der Waals surface area contributed by atoms with Gasteiger partial charge in [0.2, 0.25) is 0 Å². The van der Waals surface area contributed by atoms with Gasteiger partial charge in [-0.1, -0.05) is 26.0 Å². The van der Waals surface area contributed by atoms with Gasteiger partial charge in [-0.25, -0.2) is 0 Å². The van der Waals surface area contributed by atoms with E-state index in [0.29, 0.717) is 0 Å². The molecule has 0 aliphatic heterocycles. The lowest BCUT2D eigenvalue weighted by atomic mass is 9.88. The van der Waals surface area contributed by atoms with Gasteiger partial charge in [0.05, 0.1) is 0 Å². The Morgan fingerprint density at radius 1 is 2.00 bits per heavy atom. The molecule has 0 N–H and O–H groups in total. The van der Waals surface area contributed by atoms with Crippen molar-refractivity contribution in [1.82, 2.24) is 0 Å². The van der Waals surface area contributed by atoms with Gasteiger partial charge in [0.15, 0.2) is 0 Å². The van der Waals surface area contributed by atoms with E-state index in [-0.39, 0.29) is 0 Å². The molecule has 0 radical (unpaired) electrons. The predicted molar refractivity (Wildman–Crippen MR) is 23.0 cm³/mol. The Morgan fingerprint density at radius 2 is 2.80 bits per heavy atom. The molecule has 1 aliphatic rings. The lowest BCUT2D eigenvalue weighted by Crippen LogP contribution is -2.04. The largest absolute Gasteiger partial charge is 0.0625 e. The van der Waals surface area contributed by atoms with E-state index in [4.69, 9.17) is 12.3 Å². The fourth-order valence-corrected chi connectivity index (χ4v) is 0.144. The molecular formula is C5H10. The van der Waals surface area contributed by atoms with Crippen LogP contribution < -0.4 is 0 Å². The summed E-state index contributed by atoms with van der Waals surface area (Å²) < 4.78 is 64.1. The number of hydrogen-bond donors (Lipinski definition) is 0. The van der Waals surface area contributed by atoms with E-state index in [0.717, 1.165) is 0 Å². The topological polar surface area (TPSA) is 0 Å². The molecule has 0 unspecified atom stereocenters.